The topological polar surface area (TPSA) is 35.2 Å². The molecule has 0 aliphatic heterocycles. The van der Waals surface area contributed by atoms with E-state index in [-0.39, 0.29) is 5.75 Å². The van der Waals surface area contributed by atoms with Crippen molar-refractivity contribution in [1.29, 1.82) is 0 Å². The van der Waals surface area contributed by atoms with Crippen molar-refractivity contribution in [2.75, 3.05) is 5.73 Å². The van der Waals surface area contributed by atoms with E-state index in [4.69, 9.17) is 10.5 Å². The van der Waals surface area contributed by atoms with E-state index in [9.17, 15) is 4.39 Å². The van der Waals surface area contributed by atoms with Crippen molar-refractivity contribution < 1.29 is 9.13 Å². The molecule has 0 amide bonds. The summed E-state index contributed by atoms with van der Waals surface area (Å²) in [6.45, 7) is 0. The first-order valence-corrected chi connectivity index (χ1v) is 5.43. The maximum absolute atomic E-state index is 13.4. The van der Waals surface area contributed by atoms with Crippen molar-refractivity contribution in [3.8, 4) is 11.5 Å². The molecule has 82 valence electrons. The van der Waals surface area contributed by atoms with E-state index in [1.54, 1.807) is 36.4 Å². The number of nitrogen functional groups attached to an aromatic ring is 1. The molecule has 16 heavy (non-hydrogen) atoms. The van der Waals surface area contributed by atoms with Gasteiger partial charge in [0, 0.05) is 10.2 Å². The van der Waals surface area contributed by atoms with Gasteiger partial charge in [-0.25, -0.2) is 4.39 Å². The lowest BCUT2D eigenvalue weighted by Crippen LogP contribution is -1.89. The van der Waals surface area contributed by atoms with Gasteiger partial charge in [-0.1, -0.05) is 15.9 Å². The number of hydrogen-bond acceptors (Lipinski definition) is 2. The van der Waals surface area contributed by atoms with Gasteiger partial charge in [-0.3, -0.25) is 0 Å². The van der Waals surface area contributed by atoms with Crippen molar-refractivity contribution in [3.05, 3.63) is 52.8 Å². The Hall–Kier alpha value is -1.55. The fraction of sp³-hybridized carbons (Fsp3) is 0. The molecule has 2 aromatic carbocycles. The molecular formula is C12H9BrFNO. The fourth-order valence-corrected chi connectivity index (χ4v) is 1.56. The lowest BCUT2D eigenvalue weighted by molar-refractivity contribution is 0.442. The van der Waals surface area contributed by atoms with Crippen LogP contribution in [0.1, 0.15) is 0 Å². The van der Waals surface area contributed by atoms with Crippen LogP contribution in [0.4, 0.5) is 10.1 Å². The van der Waals surface area contributed by atoms with Gasteiger partial charge >= 0.3 is 0 Å². The molecule has 0 saturated heterocycles. The lowest BCUT2D eigenvalue weighted by atomic mass is 10.3. The van der Waals surface area contributed by atoms with Crippen LogP contribution in [-0.2, 0) is 0 Å². The monoisotopic (exact) mass is 281 g/mol. The Morgan fingerprint density at radius 3 is 2.44 bits per heavy atom. The number of hydrogen-bond donors (Lipinski definition) is 1. The molecule has 0 aromatic heterocycles. The van der Waals surface area contributed by atoms with Crippen LogP contribution in [0.15, 0.2) is 46.9 Å². The van der Waals surface area contributed by atoms with Crippen LogP contribution in [0, 0.1) is 5.82 Å². The highest BCUT2D eigenvalue weighted by Crippen LogP contribution is 2.27. The molecule has 0 fully saturated rings. The van der Waals surface area contributed by atoms with Crippen LogP contribution < -0.4 is 10.5 Å². The minimum atomic E-state index is -0.403. The van der Waals surface area contributed by atoms with Gasteiger partial charge in [0.1, 0.15) is 5.75 Å². The quantitative estimate of drug-likeness (QED) is 0.846. The highest BCUT2D eigenvalue weighted by atomic mass is 79.9. The van der Waals surface area contributed by atoms with Crippen LogP contribution in [0.25, 0.3) is 0 Å². The number of halogens is 2. The summed E-state index contributed by atoms with van der Waals surface area (Å²) in [5, 5.41) is 0. The summed E-state index contributed by atoms with van der Waals surface area (Å²) >= 11 is 3.25. The Labute approximate surface area is 101 Å². The highest BCUT2D eigenvalue weighted by Gasteiger charge is 2.05. The first kappa shape index (κ1) is 11.0. The molecule has 0 unspecified atom stereocenters. The minimum absolute atomic E-state index is 0.180. The largest absolute Gasteiger partial charge is 0.454 e. The highest BCUT2D eigenvalue weighted by molar-refractivity contribution is 9.10. The third kappa shape index (κ3) is 2.52. The van der Waals surface area contributed by atoms with E-state index >= 15 is 0 Å². The zero-order valence-electron chi connectivity index (χ0n) is 8.28. The molecule has 2 rings (SSSR count). The van der Waals surface area contributed by atoms with Crippen LogP contribution >= 0.6 is 15.9 Å². The zero-order valence-corrected chi connectivity index (χ0v) is 9.87. The fourth-order valence-electron chi connectivity index (χ4n) is 1.22. The predicted molar refractivity (Wildman–Crippen MR) is 65.0 cm³/mol. The standard InChI is InChI=1S/C12H9BrFNO/c13-8-1-6-11(14)12(7-8)16-10-4-2-9(15)3-5-10/h1-7H,15H2. The number of benzene rings is 2. The maximum Gasteiger partial charge on any atom is 0.165 e. The summed E-state index contributed by atoms with van der Waals surface area (Å²) in [5.74, 6) is 0.324. The second kappa shape index (κ2) is 4.53. The van der Waals surface area contributed by atoms with Gasteiger partial charge in [0.25, 0.3) is 0 Å². The van der Waals surface area contributed by atoms with Crippen LogP contribution in [0.2, 0.25) is 0 Å². The van der Waals surface area contributed by atoms with Crippen LogP contribution in [0.5, 0.6) is 11.5 Å². The van der Waals surface area contributed by atoms with Crippen molar-refractivity contribution in [1.82, 2.24) is 0 Å². The summed E-state index contributed by atoms with van der Waals surface area (Å²) in [7, 11) is 0. The van der Waals surface area contributed by atoms with Crippen molar-refractivity contribution >= 4 is 21.6 Å². The Morgan fingerprint density at radius 2 is 1.75 bits per heavy atom. The Balaban J connectivity index is 2.26. The van der Waals surface area contributed by atoms with Gasteiger partial charge in [0.2, 0.25) is 0 Å². The smallest absolute Gasteiger partial charge is 0.165 e. The lowest BCUT2D eigenvalue weighted by Gasteiger charge is -2.07. The number of anilines is 1. The second-order valence-electron chi connectivity index (χ2n) is 3.25. The van der Waals surface area contributed by atoms with E-state index in [0.29, 0.717) is 11.4 Å². The molecule has 2 nitrogen and oxygen atoms in total. The molecule has 0 bridgehead atoms. The summed E-state index contributed by atoms with van der Waals surface area (Å²) in [6.07, 6.45) is 0. The predicted octanol–water partition coefficient (Wildman–Crippen LogP) is 3.96. The molecule has 0 spiro atoms. The van der Waals surface area contributed by atoms with Gasteiger partial charge < -0.3 is 10.5 Å². The second-order valence-corrected chi connectivity index (χ2v) is 4.16. The third-order valence-electron chi connectivity index (χ3n) is 2.00. The summed E-state index contributed by atoms with van der Waals surface area (Å²) in [4.78, 5) is 0. The van der Waals surface area contributed by atoms with Gasteiger partial charge in [0.15, 0.2) is 11.6 Å². The molecule has 4 heteroatoms. The molecule has 0 aliphatic rings. The SMILES string of the molecule is Nc1ccc(Oc2cc(Br)ccc2F)cc1. The number of rotatable bonds is 2. The van der Waals surface area contributed by atoms with Crippen LogP contribution in [0.3, 0.4) is 0 Å². The van der Waals surface area contributed by atoms with E-state index in [1.165, 1.54) is 6.07 Å². The molecule has 0 radical (unpaired) electrons. The number of nitrogens with two attached hydrogens (primary N) is 1. The normalized spacial score (nSPS) is 10.1. The van der Waals surface area contributed by atoms with E-state index in [2.05, 4.69) is 15.9 Å². The molecule has 0 heterocycles. The molecule has 0 saturated carbocycles. The van der Waals surface area contributed by atoms with E-state index in [0.717, 1.165) is 4.47 Å². The van der Waals surface area contributed by atoms with Crippen molar-refractivity contribution in [3.63, 3.8) is 0 Å². The molecule has 2 aromatic rings. The average molecular weight is 282 g/mol. The zero-order chi connectivity index (χ0) is 11.5. The average Bonchev–Trinajstić information content (AvgIpc) is 2.27. The van der Waals surface area contributed by atoms with Gasteiger partial charge in [-0.05, 0) is 42.5 Å². The maximum atomic E-state index is 13.4. The summed E-state index contributed by atoms with van der Waals surface area (Å²) in [5.41, 5.74) is 6.18. The molecule has 2 N–H and O–H groups in total. The Bertz CT molecular complexity index is 499. The van der Waals surface area contributed by atoms with Gasteiger partial charge in [-0.15, -0.1) is 0 Å². The van der Waals surface area contributed by atoms with Crippen molar-refractivity contribution in [2.24, 2.45) is 0 Å². The minimum Gasteiger partial charge on any atom is -0.454 e. The van der Waals surface area contributed by atoms with E-state index < -0.39 is 5.82 Å². The summed E-state index contributed by atoms with van der Waals surface area (Å²) in [6, 6.07) is 11.3. The van der Waals surface area contributed by atoms with Crippen LogP contribution in [-0.4, -0.2) is 0 Å². The molecular weight excluding hydrogens is 273 g/mol. The third-order valence-corrected chi connectivity index (χ3v) is 2.49. The Kier molecular flexibility index (Phi) is 3.10. The van der Waals surface area contributed by atoms with Gasteiger partial charge in [0.05, 0.1) is 0 Å². The molecule has 0 aliphatic carbocycles. The van der Waals surface area contributed by atoms with E-state index in [1.807, 2.05) is 0 Å². The summed E-state index contributed by atoms with van der Waals surface area (Å²) < 4.78 is 19.5. The first-order chi connectivity index (χ1) is 7.65. The van der Waals surface area contributed by atoms with Crippen molar-refractivity contribution in [2.45, 2.75) is 0 Å². The Morgan fingerprint density at radius 1 is 1.06 bits per heavy atom. The first-order valence-electron chi connectivity index (χ1n) is 4.63. The van der Waals surface area contributed by atoms with Gasteiger partial charge in [-0.2, -0.15) is 0 Å². The molecule has 0 atom stereocenters. The number of ether oxygens (including phenoxy) is 1.